The smallest absolute Gasteiger partial charge is 0.182 e. The molecule has 0 amide bonds. The van der Waals surface area contributed by atoms with Crippen molar-refractivity contribution in [1.29, 1.82) is 0 Å². The van der Waals surface area contributed by atoms with E-state index >= 15 is 0 Å². The second-order valence-corrected chi connectivity index (χ2v) is 4.10. The molecule has 17 heavy (non-hydrogen) atoms. The van der Waals surface area contributed by atoms with E-state index in [4.69, 9.17) is 4.74 Å². The molecule has 0 saturated heterocycles. The van der Waals surface area contributed by atoms with Crippen LogP contribution in [0.2, 0.25) is 0 Å². The van der Waals surface area contributed by atoms with Crippen LogP contribution in [0.1, 0.15) is 10.4 Å². The van der Waals surface area contributed by atoms with Crippen LogP contribution in [0.15, 0.2) is 36.7 Å². The van der Waals surface area contributed by atoms with Gasteiger partial charge in [-0.25, -0.2) is 0 Å². The number of nitrogens with zero attached hydrogens (tertiary/aromatic N) is 2. The van der Waals surface area contributed by atoms with Crippen molar-refractivity contribution in [2.75, 3.05) is 27.4 Å². The molecule has 1 heterocycles. The second kappa shape index (κ2) is 4.91. The third-order valence-corrected chi connectivity index (χ3v) is 2.70. The Bertz CT molecular complexity index is 426. The predicted molar refractivity (Wildman–Crippen MR) is 65.8 cm³/mol. The normalized spacial score (nSPS) is 14.2. The van der Waals surface area contributed by atoms with Gasteiger partial charge in [-0.2, -0.15) is 0 Å². The number of rotatable bonds is 4. The molecule has 0 spiro atoms. The van der Waals surface area contributed by atoms with Crippen molar-refractivity contribution < 1.29 is 9.53 Å². The molecule has 4 heteroatoms. The minimum Gasteiger partial charge on any atom is -0.497 e. The topological polar surface area (TPSA) is 32.8 Å². The molecule has 0 fully saturated rings. The molecule has 0 atom stereocenters. The van der Waals surface area contributed by atoms with Crippen molar-refractivity contribution in [1.82, 2.24) is 9.80 Å². The van der Waals surface area contributed by atoms with Crippen LogP contribution >= 0.6 is 0 Å². The van der Waals surface area contributed by atoms with Gasteiger partial charge in [0.2, 0.25) is 0 Å². The van der Waals surface area contributed by atoms with E-state index < -0.39 is 0 Å². The first-order chi connectivity index (χ1) is 8.19. The van der Waals surface area contributed by atoms with Crippen LogP contribution in [0, 0.1) is 0 Å². The van der Waals surface area contributed by atoms with Crippen molar-refractivity contribution in [2.45, 2.75) is 0 Å². The van der Waals surface area contributed by atoms with Crippen LogP contribution in [0.25, 0.3) is 0 Å². The Balaban J connectivity index is 1.97. The van der Waals surface area contributed by atoms with E-state index in [0.717, 1.165) is 12.4 Å². The number of hydrogen-bond acceptors (Lipinski definition) is 4. The maximum atomic E-state index is 12.0. The van der Waals surface area contributed by atoms with Crippen LogP contribution in [-0.4, -0.2) is 43.0 Å². The van der Waals surface area contributed by atoms with E-state index in [-0.39, 0.29) is 5.78 Å². The first-order valence-electron chi connectivity index (χ1n) is 5.49. The second-order valence-electron chi connectivity index (χ2n) is 4.10. The summed E-state index contributed by atoms with van der Waals surface area (Å²) >= 11 is 0. The summed E-state index contributed by atoms with van der Waals surface area (Å²) in [5.74, 6) is 0.884. The summed E-state index contributed by atoms with van der Waals surface area (Å²) in [5, 5.41) is 0. The van der Waals surface area contributed by atoms with E-state index in [9.17, 15) is 4.79 Å². The van der Waals surface area contributed by atoms with Crippen molar-refractivity contribution in [3.8, 4) is 5.75 Å². The number of carbonyl (C=O) groups is 1. The van der Waals surface area contributed by atoms with Gasteiger partial charge < -0.3 is 14.5 Å². The molecule has 0 aromatic heterocycles. The molecule has 0 bridgehead atoms. The molecule has 1 aliphatic rings. The number of methoxy groups -OCH3 is 1. The van der Waals surface area contributed by atoms with Crippen LogP contribution in [0.3, 0.4) is 0 Å². The highest BCUT2D eigenvalue weighted by molar-refractivity contribution is 5.97. The Morgan fingerprint density at radius 3 is 2.53 bits per heavy atom. The zero-order chi connectivity index (χ0) is 12.3. The summed E-state index contributed by atoms with van der Waals surface area (Å²) in [7, 11) is 3.59. The average Bonchev–Trinajstić information content (AvgIpc) is 2.75. The monoisotopic (exact) mass is 232 g/mol. The van der Waals surface area contributed by atoms with E-state index in [1.165, 1.54) is 0 Å². The summed E-state index contributed by atoms with van der Waals surface area (Å²) in [4.78, 5) is 16.0. The van der Waals surface area contributed by atoms with Crippen LogP contribution in [-0.2, 0) is 0 Å². The summed E-state index contributed by atoms with van der Waals surface area (Å²) in [6.45, 7) is 1.18. The van der Waals surface area contributed by atoms with Crippen molar-refractivity contribution >= 4 is 5.78 Å². The fourth-order valence-corrected chi connectivity index (χ4v) is 1.74. The average molecular weight is 232 g/mol. The minimum absolute atomic E-state index is 0.118. The summed E-state index contributed by atoms with van der Waals surface area (Å²) in [6, 6.07) is 7.20. The van der Waals surface area contributed by atoms with Gasteiger partial charge in [0.15, 0.2) is 5.78 Å². The van der Waals surface area contributed by atoms with Crippen molar-refractivity contribution in [3.63, 3.8) is 0 Å². The molecule has 1 aliphatic heterocycles. The molecule has 1 aromatic rings. The molecule has 0 saturated carbocycles. The van der Waals surface area contributed by atoms with Gasteiger partial charge in [0.1, 0.15) is 5.75 Å². The Hall–Kier alpha value is -1.97. The Kier molecular flexibility index (Phi) is 3.32. The molecule has 0 unspecified atom stereocenters. The number of Topliss-reactive ketones (excluding diaryl/α,β-unsaturated/α-hetero) is 1. The van der Waals surface area contributed by atoms with Gasteiger partial charge in [-0.3, -0.25) is 4.79 Å². The molecule has 90 valence electrons. The molecular weight excluding hydrogens is 216 g/mol. The number of ether oxygens (including phenoxy) is 1. The molecular formula is C13H16N2O2. The molecule has 1 aromatic carbocycles. The third kappa shape index (κ3) is 2.78. The molecule has 2 rings (SSSR count). The lowest BCUT2D eigenvalue weighted by atomic mass is 10.1. The fourth-order valence-electron chi connectivity index (χ4n) is 1.74. The summed E-state index contributed by atoms with van der Waals surface area (Å²) in [5.41, 5.74) is 0.716. The van der Waals surface area contributed by atoms with E-state index in [0.29, 0.717) is 12.1 Å². The lowest BCUT2D eigenvalue weighted by molar-refractivity contribution is 0.0948. The highest BCUT2D eigenvalue weighted by atomic mass is 16.5. The first kappa shape index (κ1) is 11.5. The van der Waals surface area contributed by atoms with Crippen molar-refractivity contribution in [3.05, 3.63) is 42.2 Å². The highest BCUT2D eigenvalue weighted by Crippen LogP contribution is 2.13. The Labute approximate surface area is 101 Å². The highest BCUT2D eigenvalue weighted by Gasteiger charge is 2.13. The zero-order valence-corrected chi connectivity index (χ0v) is 10.1. The maximum absolute atomic E-state index is 12.0. The van der Waals surface area contributed by atoms with E-state index in [1.807, 2.05) is 29.2 Å². The van der Waals surface area contributed by atoms with Crippen LogP contribution in [0.4, 0.5) is 0 Å². The van der Waals surface area contributed by atoms with E-state index in [1.54, 1.807) is 31.4 Å². The summed E-state index contributed by atoms with van der Waals surface area (Å²) in [6.07, 6.45) is 3.89. The van der Waals surface area contributed by atoms with Gasteiger partial charge in [-0.1, -0.05) is 0 Å². The van der Waals surface area contributed by atoms with Gasteiger partial charge in [0.25, 0.3) is 0 Å². The molecule has 4 nitrogen and oxygen atoms in total. The number of benzene rings is 1. The van der Waals surface area contributed by atoms with Gasteiger partial charge in [-0.05, 0) is 24.3 Å². The SMILES string of the molecule is COc1ccc(C(=O)CN2C=CN(C)C2)cc1. The van der Waals surface area contributed by atoms with Crippen LogP contribution in [0.5, 0.6) is 5.75 Å². The Morgan fingerprint density at radius 1 is 1.29 bits per heavy atom. The van der Waals surface area contributed by atoms with E-state index in [2.05, 4.69) is 0 Å². The quantitative estimate of drug-likeness (QED) is 0.737. The lowest BCUT2D eigenvalue weighted by Crippen LogP contribution is -2.27. The maximum Gasteiger partial charge on any atom is 0.182 e. The summed E-state index contributed by atoms with van der Waals surface area (Å²) < 4.78 is 5.06. The van der Waals surface area contributed by atoms with Gasteiger partial charge in [0, 0.05) is 25.0 Å². The largest absolute Gasteiger partial charge is 0.497 e. The first-order valence-corrected chi connectivity index (χ1v) is 5.49. The molecule has 0 N–H and O–H groups in total. The zero-order valence-electron chi connectivity index (χ0n) is 10.1. The van der Waals surface area contributed by atoms with Crippen molar-refractivity contribution in [2.24, 2.45) is 0 Å². The minimum atomic E-state index is 0.118. The fraction of sp³-hybridized carbons (Fsp3) is 0.308. The predicted octanol–water partition coefficient (Wildman–Crippen LogP) is 1.55. The third-order valence-electron chi connectivity index (χ3n) is 2.70. The number of carbonyl (C=O) groups excluding carboxylic acids is 1. The number of ketones is 1. The van der Waals surface area contributed by atoms with Crippen LogP contribution < -0.4 is 4.74 Å². The molecule has 0 radical (unpaired) electrons. The van der Waals surface area contributed by atoms with Gasteiger partial charge in [0.05, 0.1) is 20.3 Å². The lowest BCUT2D eigenvalue weighted by Gasteiger charge is -2.17. The Morgan fingerprint density at radius 2 is 2.00 bits per heavy atom. The van der Waals surface area contributed by atoms with Gasteiger partial charge in [-0.15, -0.1) is 0 Å². The molecule has 0 aliphatic carbocycles. The standard InChI is InChI=1S/C13H16N2O2/c1-14-7-8-15(10-14)9-13(16)11-3-5-12(17-2)6-4-11/h3-8H,9-10H2,1-2H3. The van der Waals surface area contributed by atoms with Gasteiger partial charge >= 0.3 is 0 Å². The number of hydrogen-bond donors (Lipinski definition) is 0.